The summed E-state index contributed by atoms with van der Waals surface area (Å²) in [4.78, 5) is 3.37. The van der Waals surface area contributed by atoms with Crippen LogP contribution in [0.15, 0.2) is 41.4 Å². The molecule has 5 nitrogen and oxygen atoms in total. The van der Waals surface area contributed by atoms with Gasteiger partial charge in [0.15, 0.2) is 0 Å². The zero-order chi connectivity index (χ0) is 14.0. The van der Waals surface area contributed by atoms with E-state index in [9.17, 15) is 12.8 Å². The summed E-state index contributed by atoms with van der Waals surface area (Å²) in [5.74, 6) is -0.596. The van der Waals surface area contributed by atoms with Gasteiger partial charge in [-0.3, -0.25) is 4.72 Å². The van der Waals surface area contributed by atoms with Gasteiger partial charge in [0.25, 0.3) is 10.0 Å². The molecular formula is C11H9ClFN3O2S. The number of benzene rings is 1. The van der Waals surface area contributed by atoms with Crippen molar-refractivity contribution in [3.05, 3.63) is 47.4 Å². The molecule has 0 fully saturated rings. The Kier molecular flexibility index (Phi) is 3.59. The molecule has 100 valence electrons. The van der Waals surface area contributed by atoms with Crippen LogP contribution in [0.2, 0.25) is 5.02 Å². The van der Waals surface area contributed by atoms with E-state index in [1.807, 2.05) is 0 Å². The van der Waals surface area contributed by atoms with Gasteiger partial charge in [-0.15, -0.1) is 0 Å². The second kappa shape index (κ2) is 5.02. The van der Waals surface area contributed by atoms with Gasteiger partial charge in [0.2, 0.25) is 0 Å². The van der Waals surface area contributed by atoms with Gasteiger partial charge in [0.05, 0.1) is 16.9 Å². The minimum absolute atomic E-state index is 0.00499. The molecule has 1 heterocycles. The van der Waals surface area contributed by atoms with Gasteiger partial charge >= 0.3 is 0 Å². The molecule has 1 aromatic heterocycles. The number of hydrogen-bond acceptors (Lipinski definition) is 4. The van der Waals surface area contributed by atoms with E-state index in [1.165, 1.54) is 24.3 Å². The first kappa shape index (κ1) is 13.6. The average Bonchev–Trinajstić information content (AvgIpc) is 2.31. The first-order chi connectivity index (χ1) is 8.90. The summed E-state index contributed by atoms with van der Waals surface area (Å²) in [6, 6.07) is 6.64. The molecule has 0 amide bonds. The second-order valence-electron chi connectivity index (χ2n) is 3.63. The van der Waals surface area contributed by atoms with Crippen molar-refractivity contribution in [1.82, 2.24) is 4.98 Å². The first-order valence-corrected chi connectivity index (χ1v) is 6.94. The molecule has 19 heavy (non-hydrogen) atoms. The van der Waals surface area contributed by atoms with Gasteiger partial charge in [-0.1, -0.05) is 17.7 Å². The largest absolute Gasteiger partial charge is 0.398 e. The summed E-state index contributed by atoms with van der Waals surface area (Å²) in [6.07, 6.45) is 0.897. The van der Waals surface area contributed by atoms with Gasteiger partial charge in [-0.2, -0.15) is 0 Å². The third kappa shape index (κ3) is 2.94. The molecule has 0 aliphatic heterocycles. The molecule has 0 atom stereocenters. The van der Waals surface area contributed by atoms with Crippen LogP contribution in [0.3, 0.4) is 0 Å². The Hall–Kier alpha value is -1.86. The SMILES string of the molecule is Nc1cccc(Cl)c1S(=O)(=O)Nc1ccc(F)cn1. The van der Waals surface area contributed by atoms with Crippen LogP contribution in [0, 0.1) is 5.82 Å². The molecule has 0 bridgehead atoms. The zero-order valence-corrected chi connectivity index (χ0v) is 11.0. The van der Waals surface area contributed by atoms with Crippen LogP contribution in [0.1, 0.15) is 0 Å². The van der Waals surface area contributed by atoms with Crippen molar-refractivity contribution in [2.45, 2.75) is 4.90 Å². The molecular weight excluding hydrogens is 293 g/mol. The fourth-order valence-corrected chi connectivity index (χ4v) is 3.12. The van der Waals surface area contributed by atoms with Gasteiger partial charge in [0, 0.05) is 0 Å². The van der Waals surface area contributed by atoms with Crippen molar-refractivity contribution >= 4 is 33.1 Å². The third-order valence-electron chi connectivity index (χ3n) is 2.23. The van der Waals surface area contributed by atoms with Crippen LogP contribution in [0.4, 0.5) is 15.9 Å². The molecule has 0 spiro atoms. The highest BCUT2D eigenvalue weighted by Gasteiger charge is 2.21. The zero-order valence-electron chi connectivity index (χ0n) is 9.47. The molecule has 0 radical (unpaired) electrons. The van der Waals surface area contributed by atoms with Crippen molar-refractivity contribution in [2.75, 3.05) is 10.5 Å². The number of nitrogens with two attached hydrogens (primary N) is 1. The number of rotatable bonds is 3. The average molecular weight is 302 g/mol. The Balaban J connectivity index is 2.41. The van der Waals surface area contributed by atoms with Crippen LogP contribution < -0.4 is 10.5 Å². The van der Waals surface area contributed by atoms with Gasteiger partial charge in [-0.05, 0) is 24.3 Å². The van der Waals surface area contributed by atoms with Gasteiger partial charge in [0.1, 0.15) is 16.5 Å². The van der Waals surface area contributed by atoms with E-state index >= 15 is 0 Å². The lowest BCUT2D eigenvalue weighted by molar-refractivity contribution is 0.601. The first-order valence-electron chi connectivity index (χ1n) is 5.08. The van der Waals surface area contributed by atoms with Crippen LogP contribution in [-0.4, -0.2) is 13.4 Å². The fraction of sp³-hybridized carbons (Fsp3) is 0. The number of hydrogen-bond donors (Lipinski definition) is 2. The maximum atomic E-state index is 12.7. The van der Waals surface area contributed by atoms with E-state index in [-0.39, 0.29) is 21.4 Å². The summed E-state index contributed by atoms with van der Waals surface area (Å²) in [5, 5.41) is -0.00499. The highest BCUT2D eigenvalue weighted by atomic mass is 35.5. The lowest BCUT2D eigenvalue weighted by Crippen LogP contribution is -2.16. The number of nitrogen functional groups attached to an aromatic ring is 1. The minimum Gasteiger partial charge on any atom is -0.398 e. The van der Waals surface area contributed by atoms with Crippen molar-refractivity contribution in [3.8, 4) is 0 Å². The number of sulfonamides is 1. The standard InChI is InChI=1S/C11H9ClFN3O2S/c12-8-2-1-3-9(14)11(8)19(17,18)16-10-5-4-7(13)6-15-10/h1-6H,14H2,(H,15,16). The number of anilines is 2. The molecule has 2 rings (SSSR count). The monoisotopic (exact) mass is 301 g/mol. The molecule has 0 aliphatic carbocycles. The molecule has 8 heteroatoms. The number of nitrogens with zero attached hydrogens (tertiary/aromatic N) is 1. The topological polar surface area (TPSA) is 85.1 Å². The van der Waals surface area contributed by atoms with Crippen LogP contribution in [0.25, 0.3) is 0 Å². The maximum Gasteiger partial charge on any atom is 0.266 e. The number of aromatic nitrogens is 1. The number of pyridine rings is 1. The summed E-state index contributed by atoms with van der Waals surface area (Å²) >= 11 is 5.83. The summed E-state index contributed by atoms with van der Waals surface area (Å²) in [5.41, 5.74) is 5.62. The van der Waals surface area contributed by atoms with E-state index in [1.54, 1.807) is 0 Å². The van der Waals surface area contributed by atoms with Crippen LogP contribution in [-0.2, 0) is 10.0 Å². The van der Waals surface area contributed by atoms with Gasteiger partial charge < -0.3 is 5.73 Å². The number of nitrogens with one attached hydrogen (secondary N) is 1. The Labute approximate surface area is 114 Å². The third-order valence-corrected chi connectivity index (χ3v) is 4.13. The van der Waals surface area contributed by atoms with Crippen molar-refractivity contribution in [2.24, 2.45) is 0 Å². The molecule has 2 aromatic rings. The van der Waals surface area contributed by atoms with E-state index in [0.29, 0.717) is 0 Å². The molecule has 3 N–H and O–H groups in total. The molecule has 0 saturated heterocycles. The Morgan fingerprint density at radius 3 is 2.58 bits per heavy atom. The van der Waals surface area contributed by atoms with Crippen molar-refractivity contribution < 1.29 is 12.8 Å². The highest BCUT2D eigenvalue weighted by Crippen LogP contribution is 2.28. The summed E-state index contributed by atoms with van der Waals surface area (Å²) in [6.45, 7) is 0. The smallest absolute Gasteiger partial charge is 0.266 e. The quantitative estimate of drug-likeness (QED) is 0.852. The predicted molar refractivity (Wildman–Crippen MR) is 70.9 cm³/mol. The summed E-state index contributed by atoms with van der Waals surface area (Å²) < 4.78 is 39.1. The van der Waals surface area contributed by atoms with E-state index in [2.05, 4.69) is 9.71 Å². The Morgan fingerprint density at radius 1 is 1.26 bits per heavy atom. The minimum atomic E-state index is -3.98. The van der Waals surface area contributed by atoms with E-state index in [0.717, 1.165) is 12.3 Å². The van der Waals surface area contributed by atoms with Crippen LogP contribution >= 0.6 is 11.6 Å². The van der Waals surface area contributed by atoms with Crippen molar-refractivity contribution in [1.29, 1.82) is 0 Å². The predicted octanol–water partition coefficient (Wildman–Crippen LogP) is 2.26. The van der Waals surface area contributed by atoms with Gasteiger partial charge in [-0.25, -0.2) is 17.8 Å². The van der Waals surface area contributed by atoms with E-state index in [4.69, 9.17) is 17.3 Å². The second-order valence-corrected chi connectivity index (χ2v) is 5.65. The van der Waals surface area contributed by atoms with Crippen LogP contribution in [0.5, 0.6) is 0 Å². The molecule has 0 aliphatic rings. The number of halogens is 2. The Morgan fingerprint density at radius 2 is 2.00 bits per heavy atom. The Bertz CT molecular complexity index is 684. The van der Waals surface area contributed by atoms with E-state index < -0.39 is 15.8 Å². The molecule has 1 aromatic carbocycles. The lowest BCUT2D eigenvalue weighted by atomic mass is 10.3. The fourth-order valence-electron chi connectivity index (χ4n) is 1.43. The highest BCUT2D eigenvalue weighted by molar-refractivity contribution is 7.93. The summed E-state index contributed by atoms with van der Waals surface area (Å²) in [7, 11) is -3.98. The maximum absolute atomic E-state index is 12.7. The lowest BCUT2D eigenvalue weighted by Gasteiger charge is -2.10. The molecule has 0 unspecified atom stereocenters. The normalized spacial score (nSPS) is 11.3. The molecule has 0 saturated carbocycles. The van der Waals surface area contributed by atoms with Crippen molar-refractivity contribution in [3.63, 3.8) is 0 Å².